The van der Waals surface area contributed by atoms with E-state index in [9.17, 15) is 14.4 Å². The van der Waals surface area contributed by atoms with Crippen LogP contribution < -0.4 is 4.90 Å². The summed E-state index contributed by atoms with van der Waals surface area (Å²) in [6.45, 7) is 1.63. The van der Waals surface area contributed by atoms with Crippen molar-refractivity contribution >= 4 is 52.8 Å². The van der Waals surface area contributed by atoms with Crippen LogP contribution in [0, 0.1) is 0 Å². The first kappa shape index (κ1) is 20.6. The highest BCUT2D eigenvalue weighted by atomic mass is 35.5. The summed E-state index contributed by atoms with van der Waals surface area (Å²) in [6, 6.07) is 10.6. The number of aromatic carboxylic acids is 1. The first-order valence-electron chi connectivity index (χ1n) is 8.38. The van der Waals surface area contributed by atoms with Crippen molar-refractivity contribution in [2.24, 2.45) is 0 Å². The Hall–Kier alpha value is -3.09. The molecule has 6 nitrogen and oxygen atoms in total. The molecule has 2 aromatic carbocycles. The lowest BCUT2D eigenvalue weighted by molar-refractivity contribution is -0.136. The van der Waals surface area contributed by atoms with E-state index in [-0.39, 0.29) is 21.7 Å². The van der Waals surface area contributed by atoms with Gasteiger partial charge in [-0.1, -0.05) is 35.3 Å². The minimum Gasteiger partial charge on any atom is -0.478 e. The number of carbonyl (C=O) groups is 3. The van der Waals surface area contributed by atoms with Crippen molar-refractivity contribution in [1.29, 1.82) is 0 Å². The zero-order valence-electron chi connectivity index (χ0n) is 15.4. The number of methoxy groups -OCH3 is 1. The minimum atomic E-state index is -1.06. The predicted octanol–water partition coefficient (Wildman–Crippen LogP) is 4.57. The molecule has 8 heteroatoms. The lowest BCUT2D eigenvalue weighted by atomic mass is 10.0. The Balaban J connectivity index is 2.11. The summed E-state index contributed by atoms with van der Waals surface area (Å²) in [4.78, 5) is 37.9. The van der Waals surface area contributed by atoms with E-state index >= 15 is 0 Å². The molecule has 0 atom stereocenters. The van der Waals surface area contributed by atoms with Crippen LogP contribution in [-0.2, 0) is 14.3 Å². The zero-order chi connectivity index (χ0) is 21.3. The van der Waals surface area contributed by atoms with Gasteiger partial charge in [0.15, 0.2) is 0 Å². The van der Waals surface area contributed by atoms with Gasteiger partial charge in [-0.3, -0.25) is 9.69 Å². The van der Waals surface area contributed by atoms with Gasteiger partial charge in [0.2, 0.25) is 0 Å². The number of anilines is 1. The van der Waals surface area contributed by atoms with E-state index in [4.69, 9.17) is 33.0 Å². The Morgan fingerprint density at radius 2 is 1.72 bits per heavy atom. The molecule has 1 aliphatic rings. The first-order valence-corrected chi connectivity index (χ1v) is 9.14. The number of amides is 1. The lowest BCUT2D eigenvalue weighted by Crippen LogP contribution is -2.24. The lowest BCUT2D eigenvalue weighted by Gasteiger charge is -2.18. The molecule has 0 aliphatic carbocycles. The molecule has 1 N–H and O–H groups in total. The molecule has 0 unspecified atom stereocenters. The highest BCUT2D eigenvalue weighted by Gasteiger charge is 2.38. The third-order valence-corrected chi connectivity index (χ3v) is 5.16. The average Bonchev–Trinajstić information content (AvgIpc) is 2.94. The predicted molar refractivity (Wildman–Crippen MR) is 110 cm³/mol. The molecule has 29 heavy (non-hydrogen) atoms. The summed E-state index contributed by atoms with van der Waals surface area (Å²) >= 11 is 12.0. The second-order valence-corrected chi connectivity index (χ2v) is 6.99. The topological polar surface area (TPSA) is 83.9 Å². The number of hydrogen-bond acceptors (Lipinski definition) is 4. The van der Waals surface area contributed by atoms with E-state index in [1.165, 1.54) is 36.3 Å². The number of benzene rings is 2. The molecule has 148 valence electrons. The second kappa shape index (κ2) is 8.11. The van der Waals surface area contributed by atoms with Crippen molar-refractivity contribution in [1.82, 2.24) is 0 Å². The van der Waals surface area contributed by atoms with Gasteiger partial charge in [0.1, 0.15) is 0 Å². The molecular formula is C21H15Cl2NO5. The molecule has 0 aromatic heterocycles. The summed E-state index contributed by atoms with van der Waals surface area (Å²) < 4.78 is 4.86. The van der Waals surface area contributed by atoms with Gasteiger partial charge in [0.05, 0.1) is 39.6 Å². The number of nitrogens with zero attached hydrogens (tertiary/aromatic N) is 1. The standard InChI is InChI=1S/C21H15Cl2NO5/c1-11-18(21(28)29-2)15(9-12-3-5-13(6-4-12)20(26)27)19(25)24(11)14-7-8-16(22)17(23)10-14/h3-10H,1-2H3,(H,26,27)/b15-9-. The highest BCUT2D eigenvalue weighted by Crippen LogP contribution is 2.37. The van der Waals surface area contributed by atoms with Gasteiger partial charge < -0.3 is 9.84 Å². The molecule has 0 bridgehead atoms. The van der Waals surface area contributed by atoms with Crippen LogP contribution in [0.4, 0.5) is 5.69 Å². The van der Waals surface area contributed by atoms with Gasteiger partial charge >= 0.3 is 11.9 Å². The number of halogens is 2. The van der Waals surface area contributed by atoms with E-state index in [2.05, 4.69) is 0 Å². The van der Waals surface area contributed by atoms with Crippen molar-refractivity contribution in [2.75, 3.05) is 12.0 Å². The van der Waals surface area contributed by atoms with Crippen LogP contribution in [0.5, 0.6) is 0 Å². The maximum Gasteiger partial charge on any atom is 0.340 e. The van der Waals surface area contributed by atoms with Crippen molar-refractivity contribution in [3.05, 3.63) is 80.5 Å². The Bertz CT molecular complexity index is 1090. The van der Waals surface area contributed by atoms with Crippen molar-refractivity contribution in [3.63, 3.8) is 0 Å². The summed E-state index contributed by atoms with van der Waals surface area (Å²) in [5.41, 5.74) is 1.75. The SMILES string of the molecule is COC(=O)C1=C(C)N(c2ccc(Cl)c(Cl)c2)C(=O)/C1=C\c1ccc(C(=O)O)cc1. The molecule has 0 fully saturated rings. The van der Waals surface area contributed by atoms with Crippen LogP contribution in [0.15, 0.2) is 59.3 Å². The van der Waals surface area contributed by atoms with Crippen LogP contribution in [0.25, 0.3) is 6.08 Å². The number of ether oxygens (including phenoxy) is 1. The maximum absolute atomic E-state index is 13.2. The van der Waals surface area contributed by atoms with Gasteiger partial charge in [0.25, 0.3) is 5.91 Å². The fourth-order valence-electron chi connectivity index (χ4n) is 3.00. The van der Waals surface area contributed by atoms with Crippen LogP contribution in [0.2, 0.25) is 10.0 Å². The molecule has 0 saturated carbocycles. The summed E-state index contributed by atoms with van der Waals surface area (Å²) in [5.74, 6) is -2.16. The van der Waals surface area contributed by atoms with Crippen molar-refractivity contribution < 1.29 is 24.2 Å². The molecule has 0 radical (unpaired) electrons. The normalized spacial score (nSPS) is 15.2. The van der Waals surface area contributed by atoms with Gasteiger partial charge in [-0.05, 0) is 48.9 Å². The summed E-state index contributed by atoms with van der Waals surface area (Å²) in [6.07, 6.45) is 1.52. The average molecular weight is 432 g/mol. The summed E-state index contributed by atoms with van der Waals surface area (Å²) in [7, 11) is 1.23. The van der Waals surface area contributed by atoms with E-state index < -0.39 is 17.8 Å². The molecule has 2 aromatic rings. The number of carboxylic acid groups (broad SMARTS) is 1. The van der Waals surface area contributed by atoms with Crippen LogP contribution in [-0.4, -0.2) is 30.1 Å². The molecular weight excluding hydrogens is 417 g/mol. The van der Waals surface area contributed by atoms with E-state index in [1.807, 2.05) is 0 Å². The smallest absolute Gasteiger partial charge is 0.340 e. The highest BCUT2D eigenvalue weighted by molar-refractivity contribution is 6.42. The first-order chi connectivity index (χ1) is 13.7. The molecule has 0 saturated heterocycles. The van der Waals surface area contributed by atoms with Gasteiger partial charge in [-0.15, -0.1) is 0 Å². The van der Waals surface area contributed by atoms with Crippen LogP contribution in [0.1, 0.15) is 22.8 Å². The number of esters is 1. The minimum absolute atomic E-state index is 0.113. The fourth-order valence-corrected chi connectivity index (χ4v) is 3.30. The molecule has 1 aliphatic heterocycles. The van der Waals surface area contributed by atoms with Gasteiger partial charge in [0, 0.05) is 5.70 Å². The van der Waals surface area contributed by atoms with Crippen molar-refractivity contribution in [2.45, 2.75) is 6.92 Å². The van der Waals surface area contributed by atoms with Crippen LogP contribution >= 0.6 is 23.2 Å². The Morgan fingerprint density at radius 1 is 1.07 bits per heavy atom. The zero-order valence-corrected chi connectivity index (χ0v) is 16.9. The Morgan fingerprint density at radius 3 is 2.28 bits per heavy atom. The largest absolute Gasteiger partial charge is 0.478 e. The van der Waals surface area contributed by atoms with Crippen molar-refractivity contribution in [3.8, 4) is 0 Å². The van der Waals surface area contributed by atoms with Crippen LogP contribution in [0.3, 0.4) is 0 Å². The van der Waals surface area contributed by atoms with E-state index in [0.29, 0.717) is 22.0 Å². The number of allylic oxidation sites excluding steroid dienone is 1. The maximum atomic E-state index is 13.2. The number of carboxylic acids is 1. The number of carbonyl (C=O) groups excluding carboxylic acids is 2. The number of rotatable bonds is 4. The summed E-state index contributed by atoms with van der Waals surface area (Å²) in [5, 5.41) is 9.63. The Kier molecular flexibility index (Phi) is 5.77. The fraction of sp³-hybridized carbons (Fsp3) is 0.0952. The Labute approximate surface area is 176 Å². The molecule has 1 heterocycles. The quantitative estimate of drug-likeness (QED) is 0.566. The third kappa shape index (κ3) is 3.90. The third-order valence-electron chi connectivity index (χ3n) is 4.42. The second-order valence-electron chi connectivity index (χ2n) is 6.18. The van der Waals surface area contributed by atoms with E-state index in [1.54, 1.807) is 31.2 Å². The number of hydrogen-bond donors (Lipinski definition) is 1. The monoisotopic (exact) mass is 431 g/mol. The van der Waals surface area contributed by atoms with E-state index in [0.717, 1.165) is 0 Å². The van der Waals surface area contributed by atoms with Gasteiger partial charge in [-0.2, -0.15) is 0 Å². The van der Waals surface area contributed by atoms with Gasteiger partial charge in [-0.25, -0.2) is 9.59 Å². The molecule has 3 rings (SSSR count). The molecule has 1 amide bonds. The molecule has 0 spiro atoms.